The van der Waals surface area contributed by atoms with E-state index in [0.717, 1.165) is 12.1 Å². The standard InChI is InChI=1S/C24H24ClF2N5O4/c1-2-36-24(35)32-7-5-31(6-8-32)23(34)20(10-14-3-4-17(26)12-18(14)27)30-22(33)19-11-15-9-16(25)13-28-21(15)29-19/h3-4,9,11-13,20H,2,5-8,10H2,1H3,(H,28,29)(H,30,33)/t20-/m0/s1. The van der Waals surface area contributed by atoms with Crippen LogP contribution in [0.1, 0.15) is 23.0 Å². The lowest BCUT2D eigenvalue weighted by molar-refractivity contribution is -0.134. The number of fused-ring (bicyclic) bond motifs is 1. The minimum absolute atomic E-state index is 0.0744. The Morgan fingerprint density at radius 3 is 2.56 bits per heavy atom. The number of pyridine rings is 1. The van der Waals surface area contributed by atoms with Gasteiger partial charge in [-0.15, -0.1) is 0 Å². The molecule has 1 aromatic carbocycles. The van der Waals surface area contributed by atoms with Gasteiger partial charge in [-0.25, -0.2) is 18.6 Å². The van der Waals surface area contributed by atoms with Crippen molar-refractivity contribution in [1.29, 1.82) is 0 Å². The molecule has 3 aromatic rings. The molecule has 9 nitrogen and oxygen atoms in total. The van der Waals surface area contributed by atoms with Crippen molar-refractivity contribution in [2.75, 3.05) is 32.8 Å². The fraction of sp³-hybridized carbons (Fsp3) is 0.333. The van der Waals surface area contributed by atoms with Crippen LogP contribution in [0.5, 0.6) is 0 Å². The van der Waals surface area contributed by atoms with Gasteiger partial charge in [0.05, 0.1) is 11.6 Å². The van der Waals surface area contributed by atoms with Crippen LogP contribution in [-0.2, 0) is 16.0 Å². The molecule has 1 fully saturated rings. The van der Waals surface area contributed by atoms with Gasteiger partial charge in [0, 0.05) is 50.2 Å². The summed E-state index contributed by atoms with van der Waals surface area (Å²) in [6.07, 6.45) is 0.774. The maximum atomic E-state index is 14.4. The SMILES string of the molecule is CCOC(=O)N1CCN(C(=O)[C@H](Cc2ccc(F)cc2F)NC(=O)c2cc3cc(Cl)cnc3[nH]2)CC1. The molecule has 2 aromatic heterocycles. The van der Waals surface area contributed by atoms with E-state index in [4.69, 9.17) is 16.3 Å². The first-order valence-corrected chi connectivity index (χ1v) is 11.7. The summed E-state index contributed by atoms with van der Waals surface area (Å²) in [5, 5.41) is 3.67. The number of aromatic nitrogens is 2. The van der Waals surface area contributed by atoms with Crippen LogP contribution in [0.2, 0.25) is 5.02 Å². The predicted octanol–water partition coefficient (Wildman–Crippen LogP) is 3.14. The molecule has 0 radical (unpaired) electrons. The number of hydrogen-bond acceptors (Lipinski definition) is 5. The second kappa shape index (κ2) is 10.9. The molecule has 1 atom stereocenters. The molecule has 1 aliphatic rings. The minimum atomic E-state index is -1.14. The molecule has 4 rings (SSSR count). The summed E-state index contributed by atoms with van der Waals surface area (Å²) in [5.74, 6) is -2.62. The van der Waals surface area contributed by atoms with Gasteiger partial charge >= 0.3 is 6.09 Å². The zero-order chi connectivity index (χ0) is 25.8. The maximum absolute atomic E-state index is 14.4. The van der Waals surface area contributed by atoms with Gasteiger partial charge in [-0.3, -0.25) is 9.59 Å². The van der Waals surface area contributed by atoms with Crippen molar-refractivity contribution in [3.8, 4) is 0 Å². The van der Waals surface area contributed by atoms with Crippen LogP contribution >= 0.6 is 11.6 Å². The normalized spacial score (nSPS) is 14.6. The van der Waals surface area contributed by atoms with Crippen molar-refractivity contribution < 1.29 is 27.9 Å². The molecule has 3 heterocycles. The molecule has 12 heteroatoms. The van der Waals surface area contributed by atoms with E-state index in [1.165, 1.54) is 22.1 Å². The highest BCUT2D eigenvalue weighted by Gasteiger charge is 2.31. The highest BCUT2D eigenvalue weighted by molar-refractivity contribution is 6.31. The average molecular weight is 520 g/mol. The van der Waals surface area contributed by atoms with Crippen molar-refractivity contribution >= 4 is 40.5 Å². The average Bonchev–Trinajstić information content (AvgIpc) is 3.28. The molecule has 0 saturated carbocycles. The van der Waals surface area contributed by atoms with Crippen molar-refractivity contribution in [3.63, 3.8) is 0 Å². The molecule has 0 bridgehead atoms. The fourth-order valence-electron chi connectivity index (χ4n) is 4.00. The number of benzene rings is 1. The van der Waals surface area contributed by atoms with Gasteiger partial charge in [-0.2, -0.15) is 0 Å². The summed E-state index contributed by atoms with van der Waals surface area (Å²) in [4.78, 5) is 48.4. The Hall–Kier alpha value is -3.73. The summed E-state index contributed by atoms with van der Waals surface area (Å²) in [5.41, 5.74) is 0.654. The van der Waals surface area contributed by atoms with Gasteiger partial charge in [-0.05, 0) is 30.7 Å². The molecular formula is C24H24ClF2N5O4. The van der Waals surface area contributed by atoms with Crippen LogP contribution in [0, 0.1) is 11.6 Å². The third kappa shape index (κ3) is 5.73. The minimum Gasteiger partial charge on any atom is -0.450 e. The summed E-state index contributed by atoms with van der Waals surface area (Å²) in [6, 6.07) is 5.09. The zero-order valence-electron chi connectivity index (χ0n) is 19.4. The third-order valence-electron chi connectivity index (χ3n) is 5.84. The lowest BCUT2D eigenvalue weighted by atomic mass is 10.0. The highest BCUT2D eigenvalue weighted by atomic mass is 35.5. The Labute approximate surface area is 210 Å². The second-order valence-electron chi connectivity index (χ2n) is 8.25. The smallest absolute Gasteiger partial charge is 0.409 e. The predicted molar refractivity (Wildman–Crippen MR) is 128 cm³/mol. The van der Waals surface area contributed by atoms with E-state index in [9.17, 15) is 23.2 Å². The molecule has 1 aliphatic heterocycles. The molecule has 3 amide bonds. The Balaban J connectivity index is 1.53. The third-order valence-corrected chi connectivity index (χ3v) is 6.05. The zero-order valence-corrected chi connectivity index (χ0v) is 20.1. The highest BCUT2D eigenvalue weighted by Crippen LogP contribution is 2.19. The number of H-pyrrole nitrogens is 1. The van der Waals surface area contributed by atoms with Gasteiger partial charge in [0.15, 0.2) is 0 Å². The van der Waals surface area contributed by atoms with Crippen molar-refractivity contribution in [3.05, 3.63) is 64.4 Å². The van der Waals surface area contributed by atoms with Crippen LogP contribution in [-0.4, -0.2) is 76.5 Å². The van der Waals surface area contributed by atoms with E-state index in [2.05, 4.69) is 15.3 Å². The van der Waals surface area contributed by atoms with Gasteiger partial charge in [-0.1, -0.05) is 17.7 Å². The number of nitrogens with one attached hydrogen (secondary N) is 2. The van der Waals surface area contributed by atoms with Crippen molar-refractivity contribution in [1.82, 2.24) is 25.1 Å². The molecule has 0 aliphatic carbocycles. The number of rotatable bonds is 6. The number of hydrogen-bond donors (Lipinski definition) is 2. The fourth-order valence-corrected chi connectivity index (χ4v) is 4.16. The number of carbonyl (C=O) groups excluding carboxylic acids is 3. The van der Waals surface area contributed by atoms with E-state index < -0.39 is 35.6 Å². The van der Waals surface area contributed by atoms with E-state index in [1.54, 1.807) is 19.1 Å². The molecular weight excluding hydrogens is 496 g/mol. The van der Waals surface area contributed by atoms with E-state index >= 15 is 0 Å². The largest absolute Gasteiger partial charge is 0.450 e. The summed E-state index contributed by atoms with van der Waals surface area (Å²) in [7, 11) is 0. The topological polar surface area (TPSA) is 108 Å². The molecule has 190 valence electrons. The summed E-state index contributed by atoms with van der Waals surface area (Å²) < 4.78 is 32.8. The quantitative estimate of drug-likeness (QED) is 0.520. The van der Waals surface area contributed by atoms with Gasteiger partial charge < -0.3 is 24.8 Å². The molecule has 0 unspecified atom stereocenters. The van der Waals surface area contributed by atoms with Gasteiger partial charge in [0.2, 0.25) is 5.91 Å². The van der Waals surface area contributed by atoms with Crippen LogP contribution in [0.15, 0.2) is 36.5 Å². The number of nitrogens with zero attached hydrogens (tertiary/aromatic N) is 3. The van der Waals surface area contributed by atoms with Crippen LogP contribution in [0.25, 0.3) is 11.0 Å². The van der Waals surface area contributed by atoms with Gasteiger partial charge in [0.1, 0.15) is 29.0 Å². The van der Waals surface area contributed by atoms with Crippen molar-refractivity contribution in [2.45, 2.75) is 19.4 Å². The number of carbonyl (C=O) groups is 3. The molecule has 36 heavy (non-hydrogen) atoms. The second-order valence-corrected chi connectivity index (χ2v) is 8.69. The molecule has 1 saturated heterocycles. The first-order valence-electron chi connectivity index (χ1n) is 11.3. The lowest BCUT2D eigenvalue weighted by Gasteiger charge is -2.36. The monoisotopic (exact) mass is 519 g/mol. The number of aromatic amines is 1. The number of ether oxygens (including phenoxy) is 1. The van der Waals surface area contributed by atoms with Crippen LogP contribution < -0.4 is 5.32 Å². The molecule has 2 N–H and O–H groups in total. The molecule has 0 spiro atoms. The van der Waals surface area contributed by atoms with E-state index in [-0.39, 0.29) is 50.5 Å². The van der Waals surface area contributed by atoms with Crippen LogP contribution in [0.3, 0.4) is 0 Å². The first-order chi connectivity index (χ1) is 17.2. The Bertz CT molecular complexity index is 1290. The lowest BCUT2D eigenvalue weighted by Crippen LogP contribution is -2.56. The first kappa shape index (κ1) is 25.4. The van der Waals surface area contributed by atoms with E-state index in [1.807, 2.05) is 0 Å². The summed E-state index contributed by atoms with van der Waals surface area (Å²) in [6.45, 7) is 2.88. The Morgan fingerprint density at radius 2 is 1.86 bits per heavy atom. The Morgan fingerprint density at radius 1 is 1.14 bits per heavy atom. The summed E-state index contributed by atoms with van der Waals surface area (Å²) >= 11 is 5.96. The number of piperazine rings is 1. The number of amides is 3. The van der Waals surface area contributed by atoms with E-state index in [0.29, 0.717) is 16.1 Å². The van der Waals surface area contributed by atoms with Crippen LogP contribution in [0.4, 0.5) is 13.6 Å². The van der Waals surface area contributed by atoms with Crippen molar-refractivity contribution in [2.24, 2.45) is 0 Å². The van der Waals surface area contributed by atoms with Gasteiger partial charge in [0.25, 0.3) is 5.91 Å². The maximum Gasteiger partial charge on any atom is 0.409 e. The number of halogens is 3. The Kier molecular flexibility index (Phi) is 7.68.